The zero-order valence-corrected chi connectivity index (χ0v) is 10.9. The fourth-order valence-corrected chi connectivity index (χ4v) is 2.13. The highest BCUT2D eigenvalue weighted by molar-refractivity contribution is 5.39. The van der Waals surface area contributed by atoms with Crippen molar-refractivity contribution >= 4 is 5.82 Å². The maximum Gasteiger partial charge on any atom is 0.132 e. The summed E-state index contributed by atoms with van der Waals surface area (Å²) in [7, 11) is 2.11. The van der Waals surface area contributed by atoms with Crippen molar-refractivity contribution in [2.45, 2.75) is 38.6 Å². The largest absolute Gasteiger partial charge is 0.381 e. The number of nitrogens with zero attached hydrogens (tertiary/aromatic N) is 3. The maximum atomic E-state index is 5.39. The topological polar surface area (TPSA) is 38.2 Å². The first-order valence-electron chi connectivity index (χ1n) is 6.31. The molecule has 1 aliphatic heterocycles. The highest BCUT2D eigenvalue weighted by Crippen LogP contribution is 2.21. The summed E-state index contributed by atoms with van der Waals surface area (Å²) in [5.74, 6) is 1.47. The standard InChI is InChI=1S/C13H21N3O/c1-10(2)12-8-13(15-9-14-12)16(3)11-4-6-17-7-5-11/h8-11H,4-7H2,1-3H3. The Morgan fingerprint density at radius 1 is 1.29 bits per heavy atom. The molecule has 0 amide bonds. The Labute approximate surface area is 103 Å². The lowest BCUT2D eigenvalue weighted by molar-refractivity contribution is 0.0853. The predicted molar refractivity (Wildman–Crippen MR) is 68.4 cm³/mol. The van der Waals surface area contributed by atoms with Crippen molar-refractivity contribution in [3.05, 3.63) is 18.1 Å². The normalized spacial score (nSPS) is 17.4. The van der Waals surface area contributed by atoms with Crippen molar-refractivity contribution in [3.8, 4) is 0 Å². The summed E-state index contributed by atoms with van der Waals surface area (Å²) >= 11 is 0. The Hall–Kier alpha value is -1.16. The van der Waals surface area contributed by atoms with E-state index in [9.17, 15) is 0 Å². The van der Waals surface area contributed by atoms with Crippen LogP contribution in [-0.4, -0.2) is 36.3 Å². The molecular formula is C13H21N3O. The molecule has 0 bridgehead atoms. The summed E-state index contributed by atoms with van der Waals surface area (Å²) in [6.45, 7) is 6.02. The first-order chi connectivity index (χ1) is 8.18. The van der Waals surface area contributed by atoms with Crippen LogP contribution in [0.4, 0.5) is 5.82 Å². The quantitative estimate of drug-likeness (QED) is 0.805. The van der Waals surface area contributed by atoms with E-state index in [2.05, 4.69) is 41.8 Å². The number of rotatable bonds is 3. The average Bonchev–Trinajstić information content (AvgIpc) is 2.39. The van der Waals surface area contributed by atoms with Crippen LogP contribution in [0.5, 0.6) is 0 Å². The van der Waals surface area contributed by atoms with Gasteiger partial charge in [0.15, 0.2) is 0 Å². The van der Waals surface area contributed by atoms with E-state index in [-0.39, 0.29) is 0 Å². The van der Waals surface area contributed by atoms with Crippen LogP contribution in [0.25, 0.3) is 0 Å². The van der Waals surface area contributed by atoms with Gasteiger partial charge in [-0.25, -0.2) is 9.97 Å². The molecule has 17 heavy (non-hydrogen) atoms. The minimum absolute atomic E-state index is 0.444. The zero-order chi connectivity index (χ0) is 12.3. The Balaban J connectivity index is 2.12. The predicted octanol–water partition coefficient (Wildman–Crippen LogP) is 2.22. The van der Waals surface area contributed by atoms with Gasteiger partial charge >= 0.3 is 0 Å². The van der Waals surface area contributed by atoms with Gasteiger partial charge in [-0.3, -0.25) is 0 Å². The van der Waals surface area contributed by atoms with E-state index in [1.807, 2.05) is 0 Å². The van der Waals surface area contributed by atoms with Crippen LogP contribution in [0, 0.1) is 0 Å². The SMILES string of the molecule is CC(C)c1cc(N(C)C2CCOCC2)ncn1. The Bertz CT molecular complexity index is 361. The van der Waals surface area contributed by atoms with E-state index in [1.165, 1.54) is 0 Å². The third-order valence-corrected chi connectivity index (χ3v) is 3.37. The average molecular weight is 235 g/mol. The molecule has 0 N–H and O–H groups in total. The molecule has 0 radical (unpaired) electrons. The first-order valence-corrected chi connectivity index (χ1v) is 6.31. The molecule has 4 heteroatoms. The molecule has 0 saturated carbocycles. The highest BCUT2D eigenvalue weighted by atomic mass is 16.5. The summed E-state index contributed by atoms with van der Waals surface area (Å²) in [5, 5.41) is 0. The molecule has 1 aromatic heterocycles. The number of anilines is 1. The molecule has 2 rings (SSSR count). The summed E-state index contributed by atoms with van der Waals surface area (Å²) in [4.78, 5) is 10.9. The van der Waals surface area contributed by atoms with Crippen LogP contribution in [0.3, 0.4) is 0 Å². The summed E-state index contributed by atoms with van der Waals surface area (Å²) in [5.41, 5.74) is 1.11. The lowest BCUT2D eigenvalue weighted by Gasteiger charge is -2.32. The second-order valence-electron chi connectivity index (χ2n) is 4.91. The van der Waals surface area contributed by atoms with E-state index in [4.69, 9.17) is 4.74 Å². The summed E-state index contributed by atoms with van der Waals surface area (Å²) in [6, 6.07) is 2.64. The highest BCUT2D eigenvalue weighted by Gasteiger charge is 2.20. The second-order valence-corrected chi connectivity index (χ2v) is 4.91. The number of hydrogen-bond donors (Lipinski definition) is 0. The van der Waals surface area contributed by atoms with Gasteiger partial charge in [-0.05, 0) is 18.8 Å². The van der Waals surface area contributed by atoms with Gasteiger partial charge in [0.25, 0.3) is 0 Å². The molecule has 0 spiro atoms. The fraction of sp³-hybridized carbons (Fsp3) is 0.692. The Kier molecular flexibility index (Phi) is 3.94. The molecule has 0 unspecified atom stereocenters. The van der Waals surface area contributed by atoms with E-state index in [0.29, 0.717) is 12.0 Å². The van der Waals surface area contributed by atoms with Crippen LogP contribution in [-0.2, 0) is 4.74 Å². The van der Waals surface area contributed by atoms with Gasteiger partial charge in [0.1, 0.15) is 12.1 Å². The van der Waals surface area contributed by atoms with Crippen molar-refractivity contribution in [3.63, 3.8) is 0 Å². The van der Waals surface area contributed by atoms with Gasteiger partial charge in [0, 0.05) is 38.1 Å². The number of aromatic nitrogens is 2. The van der Waals surface area contributed by atoms with Gasteiger partial charge in [-0.2, -0.15) is 0 Å². The monoisotopic (exact) mass is 235 g/mol. The van der Waals surface area contributed by atoms with E-state index < -0.39 is 0 Å². The molecule has 1 aliphatic rings. The summed E-state index contributed by atoms with van der Waals surface area (Å²) in [6.07, 6.45) is 3.83. The van der Waals surface area contributed by atoms with Crippen LogP contribution in [0.15, 0.2) is 12.4 Å². The molecule has 1 saturated heterocycles. The molecule has 4 nitrogen and oxygen atoms in total. The minimum Gasteiger partial charge on any atom is -0.381 e. The van der Waals surface area contributed by atoms with Crippen LogP contribution >= 0.6 is 0 Å². The molecule has 94 valence electrons. The molecule has 1 aromatic rings. The second kappa shape index (κ2) is 5.45. The molecule has 0 aromatic carbocycles. The molecular weight excluding hydrogens is 214 g/mol. The minimum atomic E-state index is 0.444. The number of ether oxygens (including phenoxy) is 1. The van der Waals surface area contributed by atoms with Gasteiger partial charge in [0.2, 0.25) is 0 Å². The van der Waals surface area contributed by atoms with E-state index in [0.717, 1.165) is 37.6 Å². The fourth-order valence-electron chi connectivity index (χ4n) is 2.13. The van der Waals surface area contributed by atoms with Crippen LogP contribution in [0.2, 0.25) is 0 Å². The van der Waals surface area contributed by atoms with Crippen molar-refractivity contribution < 1.29 is 4.74 Å². The van der Waals surface area contributed by atoms with E-state index in [1.54, 1.807) is 6.33 Å². The lowest BCUT2D eigenvalue weighted by atomic mass is 10.1. The number of hydrogen-bond acceptors (Lipinski definition) is 4. The summed E-state index contributed by atoms with van der Waals surface area (Å²) < 4.78 is 5.39. The van der Waals surface area contributed by atoms with Crippen molar-refractivity contribution in [2.75, 3.05) is 25.2 Å². The Morgan fingerprint density at radius 2 is 2.00 bits per heavy atom. The van der Waals surface area contributed by atoms with Gasteiger partial charge in [-0.1, -0.05) is 13.8 Å². The van der Waals surface area contributed by atoms with Gasteiger partial charge in [0.05, 0.1) is 0 Å². The van der Waals surface area contributed by atoms with Gasteiger partial charge in [-0.15, -0.1) is 0 Å². The van der Waals surface area contributed by atoms with Crippen LogP contribution < -0.4 is 4.90 Å². The maximum absolute atomic E-state index is 5.39. The first kappa shape index (κ1) is 12.3. The third kappa shape index (κ3) is 2.94. The lowest BCUT2D eigenvalue weighted by Crippen LogP contribution is -2.37. The van der Waals surface area contributed by atoms with Gasteiger partial charge < -0.3 is 9.64 Å². The van der Waals surface area contributed by atoms with Crippen molar-refractivity contribution in [1.29, 1.82) is 0 Å². The van der Waals surface area contributed by atoms with E-state index >= 15 is 0 Å². The third-order valence-electron chi connectivity index (χ3n) is 3.37. The molecule has 1 fully saturated rings. The van der Waals surface area contributed by atoms with Crippen LogP contribution in [0.1, 0.15) is 38.3 Å². The Morgan fingerprint density at radius 3 is 2.65 bits per heavy atom. The molecule has 0 atom stereocenters. The van der Waals surface area contributed by atoms with Crippen molar-refractivity contribution in [2.24, 2.45) is 0 Å². The smallest absolute Gasteiger partial charge is 0.132 e. The molecule has 2 heterocycles. The molecule has 0 aliphatic carbocycles. The zero-order valence-electron chi connectivity index (χ0n) is 10.9. The van der Waals surface area contributed by atoms with Crippen molar-refractivity contribution in [1.82, 2.24) is 9.97 Å².